The molecule has 0 saturated heterocycles. The van der Waals surface area contributed by atoms with Crippen molar-refractivity contribution in [1.29, 1.82) is 0 Å². The van der Waals surface area contributed by atoms with E-state index in [9.17, 15) is 9.59 Å². The molecule has 1 atom stereocenters. The van der Waals surface area contributed by atoms with Crippen LogP contribution >= 0.6 is 34.7 Å². The number of nitrogens with zero attached hydrogens (tertiary/aromatic N) is 3. The van der Waals surface area contributed by atoms with Gasteiger partial charge in [-0.25, -0.2) is 9.79 Å². The van der Waals surface area contributed by atoms with Crippen LogP contribution in [0.4, 0.5) is 0 Å². The molecule has 3 heterocycles. The van der Waals surface area contributed by atoms with Crippen molar-refractivity contribution < 1.29 is 9.53 Å². The van der Waals surface area contributed by atoms with Gasteiger partial charge in [0.1, 0.15) is 0 Å². The Balaban J connectivity index is 1.67. The van der Waals surface area contributed by atoms with E-state index in [1.54, 1.807) is 23.3 Å². The third-order valence-corrected chi connectivity index (χ3v) is 8.84. The van der Waals surface area contributed by atoms with Crippen molar-refractivity contribution in [2.24, 2.45) is 4.99 Å². The molecule has 0 amide bonds. The van der Waals surface area contributed by atoms with Gasteiger partial charge in [0.25, 0.3) is 5.56 Å². The third kappa shape index (κ3) is 5.23. The first kappa shape index (κ1) is 28.2. The average Bonchev–Trinajstić information content (AvgIpc) is 3.37. The van der Waals surface area contributed by atoms with Gasteiger partial charge in [-0.1, -0.05) is 35.1 Å². The fraction of sp³-hybridized carbons (Fsp3) is 0.258. The number of rotatable bonds is 6. The molecule has 0 spiro atoms. The maximum atomic E-state index is 14.0. The molecule has 2 aromatic carbocycles. The number of ether oxygens (including phenoxy) is 1. The molecule has 4 aromatic rings. The highest BCUT2D eigenvalue weighted by Crippen LogP contribution is 2.32. The van der Waals surface area contributed by atoms with Crippen LogP contribution in [-0.2, 0) is 9.53 Å². The van der Waals surface area contributed by atoms with Crippen molar-refractivity contribution in [1.82, 2.24) is 9.13 Å². The Hall–Kier alpha value is -3.33. The fourth-order valence-electron chi connectivity index (χ4n) is 5.02. The summed E-state index contributed by atoms with van der Waals surface area (Å²) in [7, 11) is 0. The molecule has 9 heteroatoms. The normalized spacial score (nSPS) is 15.4. The number of carbonyl (C=O) groups is 1. The Morgan fingerprint density at radius 2 is 1.77 bits per heavy atom. The summed E-state index contributed by atoms with van der Waals surface area (Å²) in [5.41, 5.74) is 5.56. The lowest BCUT2D eigenvalue weighted by molar-refractivity contribution is -0.143. The van der Waals surface area contributed by atoms with Gasteiger partial charge >= 0.3 is 5.97 Å². The van der Waals surface area contributed by atoms with Crippen LogP contribution in [0.1, 0.15) is 49.3 Å². The zero-order valence-electron chi connectivity index (χ0n) is 23.2. The molecule has 0 bridgehead atoms. The van der Waals surface area contributed by atoms with Crippen molar-refractivity contribution in [2.45, 2.75) is 51.7 Å². The quantitative estimate of drug-likeness (QED) is 0.205. The summed E-state index contributed by atoms with van der Waals surface area (Å²) in [5.74, 6) is -0.462. The molecule has 0 radical (unpaired) electrons. The molecule has 0 saturated carbocycles. The van der Waals surface area contributed by atoms with Gasteiger partial charge in [-0.05, 0) is 101 Å². The third-order valence-electron chi connectivity index (χ3n) is 6.86. The fourth-order valence-corrected chi connectivity index (χ4v) is 6.60. The van der Waals surface area contributed by atoms with Gasteiger partial charge in [0.2, 0.25) is 0 Å². The number of hydrogen-bond donors (Lipinski definition) is 0. The van der Waals surface area contributed by atoms with E-state index in [2.05, 4.69) is 10.6 Å². The van der Waals surface area contributed by atoms with Crippen LogP contribution in [0, 0.1) is 13.8 Å². The minimum atomic E-state index is -0.637. The van der Waals surface area contributed by atoms with Crippen molar-refractivity contribution in [3.63, 3.8) is 0 Å². The van der Waals surface area contributed by atoms with Crippen LogP contribution in [0.25, 0.3) is 11.8 Å². The Kier molecular flexibility index (Phi) is 7.95. The number of fused-ring (bicyclic) bond motifs is 1. The van der Waals surface area contributed by atoms with Crippen LogP contribution in [0.15, 0.2) is 80.5 Å². The second-order valence-electron chi connectivity index (χ2n) is 9.95. The van der Waals surface area contributed by atoms with Crippen LogP contribution in [0.3, 0.4) is 0 Å². The van der Waals surface area contributed by atoms with E-state index < -0.39 is 12.0 Å². The summed E-state index contributed by atoms with van der Waals surface area (Å²) >= 11 is 9.06. The first-order chi connectivity index (χ1) is 19.1. The summed E-state index contributed by atoms with van der Waals surface area (Å²) < 4.78 is 9.92. The molecule has 0 aliphatic carbocycles. The van der Waals surface area contributed by atoms with Crippen LogP contribution in [0.2, 0.25) is 5.02 Å². The minimum Gasteiger partial charge on any atom is -0.459 e. The molecule has 206 valence electrons. The van der Waals surface area contributed by atoms with Crippen molar-refractivity contribution in [2.75, 3.05) is 6.26 Å². The predicted molar refractivity (Wildman–Crippen MR) is 163 cm³/mol. The molecule has 0 N–H and O–H groups in total. The van der Waals surface area contributed by atoms with Gasteiger partial charge in [-0.2, -0.15) is 0 Å². The zero-order chi connectivity index (χ0) is 28.7. The first-order valence-corrected chi connectivity index (χ1v) is 15.3. The Labute approximate surface area is 246 Å². The first-order valence-electron chi connectivity index (χ1n) is 12.9. The molecule has 0 unspecified atom stereocenters. The SMILES string of the molecule is CSc1ccc([C@@H]2C(C(=O)OC(C)C)=C(C)N=c3s/c(=C\c4cc(C)n(-c5ccc(Cl)cc5)c4C)c(=O)n32)cc1. The lowest BCUT2D eigenvalue weighted by atomic mass is 9.96. The molecule has 0 fully saturated rings. The van der Waals surface area contributed by atoms with Gasteiger partial charge in [0.05, 0.1) is 27.9 Å². The maximum Gasteiger partial charge on any atom is 0.338 e. The Bertz CT molecular complexity index is 1810. The lowest BCUT2D eigenvalue weighted by Crippen LogP contribution is -2.40. The smallest absolute Gasteiger partial charge is 0.338 e. The molecule has 2 aromatic heterocycles. The molecular formula is C31H30ClN3O3S2. The molecule has 6 nitrogen and oxygen atoms in total. The van der Waals surface area contributed by atoms with E-state index in [1.165, 1.54) is 11.3 Å². The molecule has 1 aliphatic rings. The van der Waals surface area contributed by atoms with Gasteiger partial charge in [0, 0.05) is 27.0 Å². The number of aromatic nitrogens is 2. The van der Waals surface area contributed by atoms with Gasteiger partial charge < -0.3 is 9.30 Å². The van der Waals surface area contributed by atoms with Crippen LogP contribution in [0.5, 0.6) is 0 Å². The molecule has 1 aliphatic heterocycles. The number of carbonyl (C=O) groups excluding carboxylic acids is 1. The highest BCUT2D eigenvalue weighted by Gasteiger charge is 2.33. The van der Waals surface area contributed by atoms with Gasteiger partial charge in [0.15, 0.2) is 4.80 Å². The Morgan fingerprint density at radius 1 is 1.10 bits per heavy atom. The summed E-state index contributed by atoms with van der Waals surface area (Å²) in [4.78, 5) is 33.7. The maximum absolute atomic E-state index is 14.0. The van der Waals surface area contributed by atoms with E-state index in [0.717, 1.165) is 33.1 Å². The number of aryl methyl sites for hydroxylation is 1. The van der Waals surface area contributed by atoms with E-state index in [4.69, 9.17) is 21.3 Å². The van der Waals surface area contributed by atoms with E-state index in [0.29, 0.717) is 25.6 Å². The topological polar surface area (TPSA) is 65.6 Å². The number of halogens is 1. The van der Waals surface area contributed by atoms with Crippen LogP contribution in [-0.4, -0.2) is 27.5 Å². The van der Waals surface area contributed by atoms with Crippen molar-refractivity contribution >= 4 is 46.7 Å². The second-order valence-corrected chi connectivity index (χ2v) is 12.3. The highest BCUT2D eigenvalue weighted by molar-refractivity contribution is 7.98. The van der Waals surface area contributed by atoms with Crippen molar-refractivity contribution in [3.05, 3.63) is 113 Å². The monoisotopic (exact) mass is 591 g/mol. The molecular weight excluding hydrogens is 562 g/mol. The second kappa shape index (κ2) is 11.3. The standard InChI is InChI=1S/C31H30ClN3O3S2/c1-17(2)38-30(37)27-19(4)33-31-35(28(27)21-7-13-25(39-6)14-8-21)29(36)26(40-31)16-22-15-18(3)34(20(22)5)24-11-9-23(32)10-12-24/h7-17,28H,1-6H3/b26-16-/t28-/m1/s1. The van der Waals surface area contributed by atoms with Crippen LogP contribution < -0.4 is 14.9 Å². The van der Waals surface area contributed by atoms with E-state index in [-0.39, 0.29) is 11.7 Å². The minimum absolute atomic E-state index is 0.193. The number of thiazole rings is 1. The Morgan fingerprint density at radius 3 is 2.40 bits per heavy atom. The number of esters is 1. The number of hydrogen-bond acceptors (Lipinski definition) is 6. The highest BCUT2D eigenvalue weighted by atomic mass is 35.5. The predicted octanol–water partition coefficient (Wildman–Crippen LogP) is 5.97. The zero-order valence-corrected chi connectivity index (χ0v) is 25.6. The molecule has 5 rings (SSSR count). The lowest BCUT2D eigenvalue weighted by Gasteiger charge is -2.25. The van der Waals surface area contributed by atoms with Crippen molar-refractivity contribution in [3.8, 4) is 5.69 Å². The van der Waals surface area contributed by atoms with E-state index >= 15 is 0 Å². The van der Waals surface area contributed by atoms with E-state index in [1.807, 2.05) is 88.6 Å². The number of thioether (sulfide) groups is 1. The number of benzene rings is 2. The molecule has 40 heavy (non-hydrogen) atoms. The number of allylic oxidation sites excluding steroid dienone is 1. The summed E-state index contributed by atoms with van der Waals surface area (Å²) in [6, 6.07) is 17.0. The largest absolute Gasteiger partial charge is 0.459 e. The van der Waals surface area contributed by atoms with Gasteiger partial charge in [-0.3, -0.25) is 9.36 Å². The summed E-state index contributed by atoms with van der Waals surface area (Å²) in [5, 5.41) is 0.678. The van der Waals surface area contributed by atoms with Gasteiger partial charge in [-0.15, -0.1) is 11.8 Å². The average molecular weight is 592 g/mol. The summed E-state index contributed by atoms with van der Waals surface area (Å²) in [6.45, 7) is 9.49. The summed E-state index contributed by atoms with van der Waals surface area (Å²) in [6.07, 6.45) is 3.63.